The highest BCUT2D eigenvalue weighted by atomic mass is 32.1. The summed E-state index contributed by atoms with van der Waals surface area (Å²) in [7, 11) is 0. The number of rotatable bonds is 4. The van der Waals surface area contributed by atoms with Gasteiger partial charge in [-0.05, 0) is 5.92 Å². The Kier molecular flexibility index (Phi) is 5.32. The molecule has 0 fully saturated rings. The molecule has 0 rings (SSSR count). The van der Waals surface area contributed by atoms with E-state index in [-0.39, 0.29) is 11.7 Å². The van der Waals surface area contributed by atoms with E-state index in [0.29, 0.717) is 12.5 Å². The van der Waals surface area contributed by atoms with E-state index in [2.05, 4.69) is 17.9 Å². The van der Waals surface area contributed by atoms with Gasteiger partial charge in [-0.2, -0.15) is 12.6 Å². The molecule has 4 heteroatoms. The number of nitrogens with one attached hydrogen (secondary N) is 1. The Bertz CT molecular complexity index is 128. The van der Waals surface area contributed by atoms with Crippen LogP contribution in [-0.4, -0.2) is 29.4 Å². The van der Waals surface area contributed by atoms with Crippen LogP contribution < -0.4 is 5.32 Å². The summed E-state index contributed by atoms with van der Waals surface area (Å²) in [5.41, 5.74) is 0. The summed E-state index contributed by atoms with van der Waals surface area (Å²) in [5.74, 6) is 0.240. The summed E-state index contributed by atoms with van der Waals surface area (Å²) in [5, 5.41) is 11.5. The third-order valence-corrected chi connectivity index (χ3v) is 1.51. The van der Waals surface area contributed by atoms with Crippen molar-refractivity contribution >= 4 is 18.5 Å². The second-order valence-corrected chi connectivity index (χ2v) is 3.20. The van der Waals surface area contributed by atoms with E-state index in [1.54, 1.807) is 0 Å². The lowest BCUT2D eigenvalue weighted by Crippen LogP contribution is -2.37. The maximum absolute atomic E-state index is 10.9. The molecule has 0 aliphatic heterocycles. The highest BCUT2D eigenvalue weighted by molar-refractivity contribution is 7.80. The normalized spacial score (nSPS) is 13.2. The molecule has 1 atom stereocenters. The predicted molar refractivity (Wildman–Crippen MR) is 47.7 cm³/mol. The molecule has 66 valence electrons. The van der Waals surface area contributed by atoms with Crippen LogP contribution in [0, 0.1) is 5.92 Å². The van der Waals surface area contributed by atoms with Crippen molar-refractivity contribution in [2.24, 2.45) is 5.92 Å². The van der Waals surface area contributed by atoms with E-state index >= 15 is 0 Å². The maximum Gasteiger partial charge on any atom is 0.249 e. The van der Waals surface area contributed by atoms with Gasteiger partial charge >= 0.3 is 0 Å². The average Bonchev–Trinajstić information content (AvgIpc) is 1.98. The number of hydrogen-bond donors (Lipinski definition) is 3. The molecule has 0 aliphatic carbocycles. The van der Waals surface area contributed by atoms with Crippen molar-refractivity contribution in [2.75, 3.05) is 12.3 Å². The highest BCUT2D eigenvalue weighted by Gasteiger charge is 2.11. The molecule has 1 amide bonds. The van der Waals surface area contributed by atoms with Gasteiger partial charge in [0.25, 0.3) is 0 Å². The molecule has 0 heterocycles. The lowest BCUT2D eigenvalue weighted by Gasteiger charge is -2.10. The van der Waals surface area contributed by atoms with Gasteiger partial charge in [-0.25, -0.2) is 0 Å². The van der Waals surface area contributed by atoms with Crippen LogP contribution in [0.25, 0.3) is 0 Å². The van der Waals surface area contributed by atoms with Gasteiger partial charge in [0.05, 0.1) is 0 Å². The summed E-state index contributed by atoms with van der Waals surface area (Å²) in [6.45, 7) is 4.59. The van der Waals surface area contributed by atoms with Crippen molar-refractivity contribution in [2.45, 2.75) is 20.0 Å². The van der Waals surface area contributed by atoms with Gasteiger partial charge in [-0.3, -0.25) is 4.79 Å². The lowest BCUT2D eigenvalue weighted by molar-refractivity contribution is -0.128. The monoisotopic (exact) mass is 177 g/mol. The Labute approximate surface area is 72.6 Å². The van der Waals surface area contributed by atoms with Gasteiger partial charge in [-0.15, -0.1) is 0 Å². The number of amides is 1. The van der Waals surface area contributed by atoms with E-state index in [1.807, 2.05) is 13.8 Å². The van der Waals surface area contributed by atoms with Crippen molar-refractivity contribution in [1.82, 2.24) is 5.32 Å². The quantitative estimate of drug-likeness (QED) is 0.531. The molecule has 3 nitrogen and oxygen atoms in total. The summed E-state index contributed by atoms with van der Waals surface area (Å²) in [6, 6.07) is 0. The number of carbonyl (C=O) groups excluding carboxylic acids is 1. The molecule has 0 spiro atoms. The molecule has 0 saturated carbocycles. The lowest BCUT2D eigenvalue weighted by atomic mass is 10.2. The first-order valence-corrected chi connectivity index (χ1v) is 4.27. The van der Waals surface area contributed by atoms with E-state index in [4.69, 9.17) is 5.11 Å². The fraction of sp³-hybridized carbons (Fsp3) is 0.857. The Balaban J connectivity index is 3.52. The number of hydrogen-bond acceptors (Lipinski definition) is 3. The molecule has 0 aromatic carbocycles. The summed E-state index contributed by atoms with van der Waals surface area (Å²) < 4.78 is 0. The van der Waals surface area contributed by atoms with Crippen LogP contribution >= 0.6 is 12.6 Å². The third kappa shape index (κ3) is 5.09. The van der Waals surface area contributed by atoms with Crippen LogP contribution in [-0.2, 0) is 4.79 Å². The Morgan fingerprint density at radius 2 is 2.18 bits per heavy atom. The van der Waals surface area contributed by atoms with E-state index in [0.717, 1.165) is 0 Å². The largest absolute Gasteiger partial charge is 0.382 e. The smallest absolute Gasteiger partial charge is 0.249 e. The summed E-state index contributed by atoms with van der Waals surface area (Å²) in [4.78, 5) is 10.9. The Morgan fingerprint density at radius 3 is 2.55 bits per heavy atom. The van der Waals surface area contributed by atoms with Gasteiger partial charge in [-0.1, -0.05) is 13.8 Å². The van der Waals surface area contributed by atoms with E-state index in [9.17, 15) is 4.79 Å². The minimum absolute atomic E-state index is 0.171. The number of aliphatic hydroxyl groups excluding tert-OH is 1. The van der Waals surface area contributed by atoms with E-state index < -0.39 is 6.10 Å². The highest BCUT2D eigenvalue weighted by Crippen LogP contribution is 1.90. The Hall–Kier alpha value is -0.220. The van der Waals surface area contributed by atoms with Gasteiger partial charge in [0.2, 0.25) is 5.91 Å². The van der Waals surface area contributed by atoms with Crippen molar-refractivity contribution in [3.63, 3.8) is 0 Å². The standard InChI is InChI=1S/C7H15NO2S/c1-5(2)3-8-7(10)6(9)4-11/h5-6,9,11H,3-4H2,1-2H3,(H,8,10). The minimum Gasteiger partial charge on any atom is -0.382 e. The SMILES string of the molecule is CC(C)CNC(=O)C(O)CS. The molecule has 0 aromatic rings. The fourth-order valence-electron chi connectivity index (χ4n) is 0.505. The number of aliphatic hydroxyl groups is 1. The van der Waals surface area contributed by atoms with Gasteiger partial charge < -0.3 is 10.4 Å². The van der Waals surface area contributed by atoms with Crippen molar-refractivity contribution < 1.29 is 9.90 Å². The first-order valence-electron chi connectivity index (χ1n) is 3.64. The zero-order chi connectivity index (χ0) is 8.85. The van der Waals surface area contributed by atoms with Crippen LogP contribution in [0.1, 0.15) is 13.8 Å². The summed E-state index contributed by atoms with van der Waals surface area (Å²) in [6.07, 6.45) is -0.975. The summed E-state index contributed by atoms with van der Waals surface area (Å²) >= 11 is 3.79. The first-order chi connectivity index (χ1) is 5.07. The minimum atomic E-state index is -0.975. The molecule has 0 aliphatic rings. The first kappa shape index (κ1) is 10.8. The van der Waals surface area contributed by atoms with Crippen molar-refractivity contribution in [1.29, 1.82) is 0 Å². The topological polar surface area (TPSA) is 49.3 Å². The molecule has 0 aromatic heterocycles. The third-order valence-electron chi connectivity index (χ3n) is 1.16. The van der Waals surface area contributed by atoms with Gasteiger partial charge in [0.15, 0.2) is 0 Å². The molecule has 0 saturated heterocycles. The van der Waals surface area contributed by atoms with Crippen LogP contribution in [0.2, 0.25) is 0 Å². The molecular weight excluding hydrogens is 162 g/mol. The van der Waals surface area contributed by atoms with Crippen LogP contribution in [0.15, 0.2) is 0 Å². The number of carbonyl (C=O) groups is 1. The van der Waals surface area contributed by atoms with Crippen LogP contribution in [0.3, 0.4) is 0 Å². The number of thiol groups is 1. The molecular formula is C7H15NO2S. The molecule has 11 heavy (non-hydrogen) atoms. The van der Waals surface area contributed by atoms with Crippen molar-refractivity contribution in [3.05, 3.63) is 0 Å². The molecule has 2 N–H and O–H groups in total. The Morgan fingerprint density at radius 1 is 1.64 bits per heavy atom. The zero-order valence-electron chi connectivity index (χ0n) is 6.87. The van der Waals surface area contributed by atoms with Gasteiger partial charge in [0.1, 0.15) is 6.10 Å². The molecule has 1 unspecified atom stereocenters. The second-order valence-electron chi connectivity index (χ2n) is 2.84. The predicted octanol–water partition coefficient (Wildman–Crippen LogP) is 0.0493. The molecule has 0 radical (unpaired) electrons. The van der Waals surface area contributed by atoms with Gasteiger partial charge in [0, 0.05) is 12.3 Å². The second kappa shape index (κ2) is 5.43. The van der Waals surface area contributed by atoms with Crippen LogP contribution in [0.4, 0.5) is 0 Å². The van der Waals surface area contributed by atoms with Crippen LogP contribution in [0.5, 0.6) is 0 Å². The van der Waals surface area contributed by atoms with Crippen molar-refractivity contribution in [3.8, 4) is 0 Å². The average molecular weight is 177 g/mol. The van der Waals surface area contributed by atoms with E-state index in [1.165, 1.54) is 0 Å². The maximum atomic E-state index is 10.9. The fourth-order valence-corrected chi connectivity index (χ4v) is 0.671. The molecule has 0 bridgehead atoms. The zero-order valence-corrected chi connectivity index (χ0v) is 7.77.